The minimum Gasteiger partial charge on any atom is -0.481 e. The van der Waals surface area contributed by atoms with E-state index in [9.17, 15) is 66.9 Å². The van der Waals surface area contributed by atoms with Crippen molar-refractivity contribution in [1.82, 2.24) is 16.1 Å². The lowest BCUT2D eigenvalue weighted by molar-refractivity contribution is -0.159. The Morgan fingerprint density at radius 3 is 0.887 bits per heavy atom. The average Bonchev–Trinajstić information content (AvgIpc) is 0.832. The van der Waals surface area contributed by atoms with Gasteiger partial charge in [0.05, 0.1) is 74.7 Å². The molecular formula is C102H132N3O27P. The fraction of sp³-hybridized carbons (Fsp3) is 0.363. The van der Waals surface area contributed by atoms with E-state index in [1.165, 1.54) is 65.9 Å². The number of nitrogens with one attached hydrogen (secondary N) is 3. The van der Waals surface area contributed by atoms with Crippen LogP contribution >= 0.6 is 7.14 Å². The number of aliphatic hydroxyl groups excluding tert-OH is 2. The van der Waals surface area contributed by atoms with Crippen molar-refractivity contribution in [3.8, 4) is 0 Å². The Balaban J connectivity index is 0.00000154. The maximum atomic E-state index is 12.4. The molecule has 7 rings (SSSR count). The number of carbonyl (C=O) groups excluding carboxylic acids is 10. The molecule has 7 aromatic carbocycles. The van der Waals surface area contributed by atoms with Crippen molar-refractivity contribution in [2.45, 2.75) is 157 Å². The minimum atomic E-state index is -2.21. The molecule has 0 saturated carbocycles. The van der Waals surface area contributed by atoms with Gasteiger partial charge in [0.2, 0.25) is 0 Å². The normalized spacial score (nSPS) is 11.3. The first-order valence-electron chi connectivity index (χ1n) is 42.3. The Morgan fingerprint density at radius 2 is 0.654 bits per heavy atom. The quantitative estimate of drug-likeness (QED) is 0.00330. The molecule has 2 atom stereocenters. The van der Waals surface area contributed by atoms with E-state index >= 15 is 0 Å². The lowest BCUT2D eigenvalue weighted by atomic mass is 10.0. The summed E-state index contributed by atoms with van der Waals surface area (Å²) in [5.74, 6) is -4.70. The second-order valence-electron chi connectivity index (χ2n) is 32.5. The van der Waals surface area contributed by atoms with Crippen LogP contribution < -0.4 is 16.1 Å². The number of methoxy groups -OCH3 is 5. The molecule has 1 amide bonds. The molecule has 0 aromatic heterocycles. The van der Waals surface area contributed by atoms with Gasteiger partial charge in [0.15, 0.2) is 0 Å². The van der Waals surface area contributed by atoms with Crippen molar-refractivity contribution in [3.05, 3.63) is 278 Å². The van der Waals surface area contributed by atoms with Gasteiger partial charge in [-0.2, -0.15) is 0 Å². The van der Waals surface area contributed by atoms with Gasteiger partial charge in [0, 0.05) is 49.0 Å². The second kappa shape index (κ2) is 67.9. The molecule has 0 spiro atoms. The highest BCUT2D eigenvalue weighted by Gasteiger charge is 2.27. The standard InChI is InChI=1S/C22H33NO4.C21H32N2O4.C12H12O4.C12H14O3.C12H12O3.C9H10O3.C9H8O3.C5H11O3P/c1-16(2)15-19(21(25)27-22(3,4)5)23-14-13-18-9-7-17(8-10-18)11-12-20(24)26-6;1-15(2)14-18(20(25)27-21(3,4)5)22-13-12-17-8-6-16(7-9-17)10-11-19(24)23-26;1-16-12(15)7-6-9-2-4-10(5-3-9)8-11(13)14;2*1-15-12(14)7-6-10-2-4-11(5-3-10)8-9-13;2*10-6-8-3-1-7(2-4-8)5-9(11)12;1-8-5(6)4-9(2,3)7/h7-12,16,19,23H,13-15H2,1-6H3;6-11,15,18,22,26H,12-14H2,1-5H3,(H,23,24);2-7H,8H2,1H3,(H,13,14);2-7,13H,8-9H2,1H3;2-7,9H,8H2,1H3;1-4,10H,5-6H2,(H,11,12);1-4,6H,5H2,(H,11,12);4H2,1-3H3/b12-11+;11-10+;3*7-6+;;;/t19-;18-;;;;;;/m00....../s1. The average molecular weight is 1860 g/mol. The van der Waals surface area contributed by atoms with Crippen LogP contribution in [0, 0.1) is 11.8 Å². The van der Waals surface area contributed by atoms with Gasteiger partial charge < -0.3 is 78.7 Å². The molecule has 0 fully saturated rings. The van der Waals surface area contributed by atoms with Crippen LogP contribution in [0.4, 0.5) is 0 Å². The lowest BCUT2D eigenvalue weighted by Gasteiger charge is -2.25. The Morgan fingerprint density at radius 1 is 0.383 bits per heavy atom. The predicted octanol–water partition coefficient (Wildman–Crippen LogP) is 14.1. The van der Waals surface area contributed by atoms with Crippen LogP contribution in [-0.4, -0.2) is 207 Å². The van der Waals surface area contributed by atoms with Crippen LogP contribution in [0.5, 0.6) is 0 Å². The minimum absolute atomic E-state index is 0.000856. The number of rotatable bonds is 38. The van der Waals surface area contributed by atoms with Gasteiger partial charge in [-0.05, 0) is 215 Å². The van der Waals surface area contributed by atoms with Crippen molar-refractivity contribution >= 4 is 116 Å². The molecule has 9 N–H and O–H groups in total. The largest absolute Gasteiger partial charge is 0.481 e. The summed E-state index contributed by atoms with van der Waals surface area (Å²) in [5.41, 5.74) is 12.9. The van der Waals surface area contributed by atoms with Crippen LogP contribution in [-0.2, 0) is 147 Å². The van der Waals surface area contributed by atoms with E-state index in [0.29, 0.717) is 48.9 Å². The van der Waals surface area contributed by atoms with Gasteiger partial charge in [-0.3, -0.25) is 43.6 Å². The summed E-state index contributed by atoms with van der Waals surface area (Å²) in [5, 5.41) is 58.0. The maximum Gasteiger partial charge on any atom is 0.330 e. The van der Waals surface area contributed by atoms with Gasteiger partial charge in [0.25, 0.3) is 5.91 Å². The van der Waals surface area contributed by atoms with Crippen LogP contribution in [0.2, 0.25) is 0 Å². The molecule has 7 aromatic rings. The first kappa shape index (κ1) is 120. The van der Waals surface area contributed by atoms with Crippen LogP contribution in [0.1, 0.15) is 165 Å². The van der Waals surface area contributed by atoms with Crippen molar-refractivity contribution in [2.24, 2.45) is 11.8 Å². The van der Waals surface area contributed by atoms with E-state index in [-0.39, 0.29) is 80.6 Å². The monoisotopic (exact) mass is 1860 g/mol. The second-order valence-corrected chi connectivity index (χ2v) is 35.9. The highest BCUT2D eigenvalue weighted by molar-refractivity contribution is 7.63. The van der Waals surface area contributed by atoms with Crippen LogP contribution in [0.25, 0.3) is 30.4 Å². The Hall–Kier alpha value is -13.2. The molecule has 133 heavy (non-hydrogen) atoms. The number of carbonyl (C=O) groups is 13. The molecule has 722 valence electrons. The number of esters is 7. The number of carboxylic acid groups (broad SMARTS) is 3. The van der Waals surface area contributed by atoms with Crippen molar-refractivity contribution < 1.29 is 131 Å². The molecule has 0 aliphatic heterocycles. The SMILES string of the molecule is CC(C)C[C@H](NCCc1ccc(/C=C/C(=O)NO)cc1)C(=O)OC(C)(C)C.COC(=O)/C=C/c1ccc(CC(=O)O)cc1.COC(=O)/C=C/c1ccc(CC=O)cc1.COC(=O)/C=C/c1ccc(CCN[C@@H](CC(C)C)C(=O)OC(C)(C)C)cc1.COC(=O)/C=C/c1ccc(CCO)cc1.COC(=O)CP(C)(C)=O.O=C(O)Cc1ccc(CO)cc1.O=Cc1ccc(CC(=O)O)cc1. The third kappa shape index (κ3) is 64.3. The fourth-order valence-corrected chi connectivity index (χ4v) is 11.4. The highest BCUT2D eigenvalue weighted by atomic mass is 31.2. The van der Waals surface area contributed by atoms with E-state index < -0.39 is 54.1 Å². The van der Waals surface area contributed by atoms with E-state index in [0.717, 1.165) is 105 Å². The number of aliphatic hydroxyl groups is 2. The summed E-state index contributed by atoms with van der Waals surface area (Å²) in [6.45, 7) is 24.2. The summed E-state index contributed by atoms with van der Waals surface area (Å²) < 4.78 is 44.2. The maximum absolute atomic E-state index is 12.4. The first-order chi connectivity index (χ1) is 62.7. The summed E-state index contributed by atoms with van der Waals surface area (Å²) in [4.78, 5) is 141. The van der Waals surface area contributed by atoms with Gasteiger partial charge in [0.1, 0.15) is 35.9 Å². The third-order valence-corrected chi connectivity index (χ3v) is 18.2. The highest BCUT2D eigenvalue weighted by Crippen LogP contribution is 2.35. The molecule has 0 heterocycles. The number of hydroxylamine groups is 1. The summed E-state index contributed by atoms with van der Waals surface area (Å²) >= 11 is 0. The molecule has 0 unspecified atom stereocenters. The smallest absolute Gasteiger partial charge is 0.330 e. The van der Waals surface area contributed by atoms with Crippen molar-refractivity contribution in [1.29, 1.82) is 0 Å². The number of ether oxygens (including phenoxy) is 7. The molecule has 30 nitrogen and oxygen atoms in total. The van der Waals surface area contributed by atoms with Gasteiger partial charge in [-0.15, -0.1) is 0 Å². The van der Waals surface area contributed by atoms with E-state index in [4.69, 9.17) is 40.2 Å². The number of benzene rings is 7. The zero-order chi connectivity index (χ0) is 100. The van der Waals surface area contributed by atoms with Crippen LogP contribution in [0.15, 0.2) is 200 Å². The number of hydrogen-bond donors (Lipinski definition) is 9. The summed E-state index contributed by atoms with van der Waals surface area (Å²) in [6, 6.07) is 50.4. The predicted molar refractivity (Wildman–Crippen MR) is 512 cm³/mol. The Bertz CT molecular complexity index is 4750. The van der Waals surface area contributed by atoms with E-state index in [2.05, 4.69) is 62.0 Å². The van der Waals surface area contributed by atoms with Gasteiger partial charge in [-0.25, -0.2) is 24.7 Å². The van der Waals surface area contributed by atoms with Gasteiger partial charge in [-0.1, -0.05) is 198 Å². The zero-order valence-corrected chi connectivity index (χ0v) is 79.9. The molecule has 31 heteroatoms. The Kier molecular flexibility index (Phi) is 61.1. The third-order valence-electron chi connectivity index (χ3n) is 17.1. The fourth-order valence-electron chi connectivity index (χ4n) is 10.6. The van der Waals surface area contributed by atoms with Gasteiger partial charge >= 0.3 is 59.7 Å². The lowest BCUT2D eigenvalue weighted by Crippen LogP contribution is -2.42. The molecule has 0 saturated heterocycles. The number of aliphatic carboxylic acids is 3. The topological polar surface area (TPSA) is 461 Å². The molecular weight excluding hydrogens is 1730 g/mol. The molecule has 0 radical (unpaired) electrons. The summed E-state index contributed by atoms with van der Waals surface area (Å²) in [6.07, 6.45) is 20.8. The van der Waals surface area contributed by atoms with Crippen molar-refractivity contribution in [3.63, 3.8) is 0 Å². The van der Waals surface area contributed by atoms with E-state index in [1.54, 1.807) is 122 Å². The molecule has 0 aliphatic rings. The number of carboxylic acids is 3. The van der Waals surface area contributed by atoms with Crippen molar-refractivity contribution in [2.75, 3.05) is 74.7 Å². The molecule has 0 aliphatic carbocycles. The molecule has 0 bridgehead atoms. The number of hydrogen-bond acceptors (Lipinski definition) is 26. The first-order valence-corrected chi connectivity index (χ1v) is 45.1. The number of amides is 1. The number of aldehydes is 2. The van der Waals surface area contributed by atoms with E-state index in [1.807, 2.05) is 139 Å². The Labute approximate surface area is 780 Å². The summed E-state index contributed by atoms with van der Waals surface area (Å²) in [7, 11) is 4.42. The van der Waals surface area contributed by atoms with Crippen LogP contribution in [0.3, 0.4) is 0 Å². The zero-order valence-electron chi connectivity index (χ0n) is 79.0.